The Morgan fingerprint density at radius 2 is 1.93 bits per heavy atom. The predicted molar refractivity (Wildman–Crippen MR) is 116 cm³/mol. The molecule has 1 saturated heterocycles. The van der Waals surface area contributed by atoms with E-state index >= 15 is 0 Å². The van der Waals surface area contributed by atoms with Crippen LogP contribution in [-0.4, -0.2) is 49.6 Å². The fourth-order valence-corrected chi connectivity index (χ4v) is 5.37. The fraction of sp³-hybridized carbons (Fsp3) is 0.708. The number of fused-ring (bicyclic) bond motifs is 1. The zero-order valence-electron chi connectivity index (χ0n) is 17.6. The van der Waals surface area contributed by atoms with Crippen LogP contribution < -0.4 is 10.2 Å². The van der Waals surface area contributed by atoms with Gasteiger partial charge in [0.05, 0.1) is 0 Å². The first-order valence-corrected chi connectivity index (χ1v) is 11.6. The van der Waals surface area contributed by atoms with E-state index in [1.807, 2.05) is 0 Å². The molecule has 1 aliphatic carbocycles. The van der Waals surface area contributed by atoms with Crippen LogP contribution in [0.1, 0.15) is 63.0 Å². The van der Waals surface area contributed by atoms with Crippen molar-refractivity contribution in [2.75, 3.05) is 37.6 Å². The Hall–Kier alpha value is -1.39. The van der Waals surface area contributed by atoms with Crippen LogP contribution in [0, 0.1) is 5.92 Å². The molecule has 4 nitrogen and oxygen atoms in total. The lowest BCUT2D eigenvalue weighted by molar-refractivity contribution is -0.119. The van der Waals surface area contributed by atoms with Crippen LogP contribution in [0.15, 0.2) is 18.2 Å². The molecule has 1 N–H and O–H groups in total. The number of carbonyl (C=O) groups is 1. The predicted octanol–water partition coefficient (Wildman–Crippen LogP) is 3.77. The first kappa shape index (κ1) is 19.9. The molecule has 2 fully saturated rings. The van der Waals surface area contributed by atoms with Gasteiger partial charge >= 0.3 is 0 Å². The molecule has 0 radical (unpaired) electrons. The van der Waals surface area contributed by atoms with Crippen LogP contribution in [0.25, 0.3) is 0 Å². The van der Waals surface area contributed by atoms with Gasteiger partial charge in [-0.3, -0.25) is 4.79 Å². The maximum Gasteiger partial charge on any atom is 0.227 e. The summed E-state index contributed by atoms with van der Waals surface area (Å²) in [5, 5.41) is 3.42. The highest BCUT2D eigenvalue weighted by molar-refractivity contribution is 5.96. The average molecular weight is 384 g/mol. The number of rotatable bonds is 6. The summed E-state index contributed by atoms with van der Waals surface area (Å²) in [6, 6.07) is 7.13. The second-order valence-corrected chi connectivity index (χ2v) is 9.16. The monoisotopic (exact) mass is 383 g/mol. The molecule has 2 aliphatic heterocycles. The van der Waals surface area contributed by atoms with Crippen LogP contribution in [0.3, 0.4) is 0 Å². The molecule has 1 aromatic carbocycles. The van der Waals surface area contributed by atoms with Gasteiger partial charge in [-0.05, 0) is 49.3 Å². The molecule has 3 aliphatic rings. The van der Waals surface area contributed by atoms with Gasteiger partial charge in [-0.2, -0.15) is 0 Å². The Balaban J connectivity index is 1.34. The third-order valence-electron chi connectivity index (χ3n) is 7.05. The van der Waals surface area contributed by atoms with E-state index in [2.05, 4.69) is 40.2 Å². The van der Waals surface area contributed by atoms with Crippen molar-refractivity contribution >= 4 is 11.6 Å². The van der Waals surface area contributed by atoms with Crippen molar-refractivity contribution in [3.8, 4) is 0 Å². The second-order valence-electron chi connectivity index (χ2n) is 9.16. The summed E-state index contributed by atoms with van der Waals surface area (Å²) < 4.78 is 0. The number of anilines is 1. The summed E-state index contributed by atoms with van der Waals surface area (Å²) in [4.78, 5) is 17.6. The highest BCUT2D eigenvalue weighted by Gasteiger charge is 2.31. The molecule has 1 aromatic rings. The standard InChI is InChI=1S/C24H37N3O/c1-19-17-22-18-21(11-14-26-15-12-25-13-16-26)7-9-23(22)27(19)24(28)10-8-20-5-3-2-4-6-20/h7,9,18-20,25H,2-6,8,10-17H2,1H3. The summed E-state index contributed by atoms with van der Waals surface area (Å²) >= 11 is 0. The van der Waals surface area contributed by atoms with E-state index < -0.39 is 0 Å². The zero-order valence-corrected chi connectivity index (χ0v) is 17.6. The lowest BCUT2D eigenvalue weighted by atomic mass is 9.86. The fourth-order valence-electron chi connectivity index (χ4n) is 5.37. The summed E-state index contributed by atoms with van der Waals surface area (Å²) in [5.41, 5.74) is 3.96. The van der Waals surface area contributed by atoms with Gasteiger partial charge in [0.2, 0.25) is 5.91 Å². The number of amides is 1. The van der Waals surface area contributed by atoms with E-state index in [9.17, 15) is 4.79 Å². The SMILES string of the molecule is CC1Cc2cc(CCN3CCNCC3)ccc2N1C(=O)CCC1CCCCC1. The van der Waals surface area contributed by atoms with Gasteiger partial charge in [0.25, 0.3) is 0 Å². The molecule has 2 heterocycles. The van der Waals surface area contributed by atoms with Crippen molar-refractivity contribution in [3.05, 3.63) is 29.3 Å². The maximum absolute atomic E-state index is 13.0. The Morgan fingerprint density at radius 1 is 1.14 bits per heavy atom. The van der Waals surface area contributed by atoms with E-state index in [1.54, 1.807) is 0 Å². The molecule has 0 spiro atoms. The number of hydrogen-bond acceptors (Lipinski definition) is 3. The molecule has 4 rings (SSSR count). The van der Waals surface area contributed by atoms with Gasteiger partial charge in [0.1, 0.15) is 0 Å². The van der Waals surface area contributed by atoms with Crippen molar-refractivity contribution in [2.24, 2.45) is 5.92 Å². The van der Waals surface area contributed by atoms with Gasteiger partial charge in [-0.1, -0.05) is 44.2 Å². The van der Waals surface area contributed by atoms with Gasteiger partial charge in [-0.25, -0.2) is 0 Å². The van der Waals surface area contributed by atoms with Crippen LogP contribution in [0.2, 0.25) is 0 Å². The summed E-state index contributed by atoms with van der Waals surface area (Å²) in [6.45, 7) is 7.88. The molecule has 154 valence electrons. The van der Waals surface area contributed by atoms with E-state index in [0.717, 1.165) is 64.3 Å². The Morgan fingerprint density at radius 3 is 2.71 bits per heavy atom. The molecule has 4 heteroatoms. The Labute approximate surface area is 170 Å². The van der Waals surface area contributed by atoms with Crippen molar-refractivity contribution in [3.63, 3.8) is 0 Å². The van der Waals surface area contributed by atoms with E-state index in [0.29, 0.717) is 11.9 Å². The number of carbonyl (C=O) groups excluding carboxylic acids is 1. The number of piperazine rings is 1. The minimum absolute atomic E-state index is 0.303. The molecule has 1 atom stereocenters. The van der Waals surface area contributed by atoms with E-state index in [1.165, 1.54) is 48.9 Å². The van der Waals surface area contributed by atoms with Crippen LogP contribution in [-0.2, 0) is 17.6 Å². The molecule has 0 aromatic heterocycles. The molecule has 0 bridgehead atoms. The molecule has 28 heavy (non-hydrogen) atoms. The Bertz CT molecular complexity index is 662. The number of hydrogen-bond donors (Lipinski definition) is 1. The molecular weight excluding hydrogens is 346 g/mol. The van der Waals surface area contributed by atoms with Gasteiger partial charge in [0, 0.05) is 50.9 Å². The highest BCUT2D eigenvalue weighted by atomic mass is 16.2. The topological polar surface area (TPSA) is 35.6 Å². The lowest BCUT2D eigenvalue weighted by Gasteiger charge is -2.27. The highest BCUT2D eigenvalue weighted by Crippen LogP contribution is 2.35. The Kier molecular flexibility index (Phi) is 6.69. The van der Waals surface area contributed by atoms with E-state index in [-0.39, 0.29) is 0 Å². The normalized spacial score (nSPS) is 23.8. The van der Waals surface area contributed by atoms with Crippen molar-refractivity contribution in [2.45, 2.75) is 70.8 Å². The zero-order chi connectivity index (χ0) is 19.3. The molecular formula is C24H37N3O. The third kappa shape index (κ3) is 4.77. The summed E-state index contributed by atoms with van der Waals surface area (Å²) in [6.07, 6.45) is 10.7. The first-order valence-electron chi connectivity index (χ1n) is 11.6. The minimum Gasteiger partial charge on any atom is -0.314 e. The van der Waals surface area contributed by atoms with Gasteiger partial charge < -0.3 is 15.1 Å². The number of nitrogens with zero attached hydrogens (tertiary/aromatic N) is 2. The van der Waals surface area contributed by atoms with Crippen LogP contribution in [0.4, 0.5) is 5.69 Å². The van der Waals surface area contributed by atoms with Crippen LogP contribution >= 0.6 is 0 Å². The minimum atomic E-state index is 0.303. The quantitative estimate of drug-likeness (QED) is 0.812. The average Bonchev–Trinajstić information content (AvgIpc) is 3.07. The molecule has 1 saturated carbocycles. The van der Waals surface area contributed by atoms with Crippen molar-refractivity contribution < 1.29 is 4.79 Å². The maximum atomic E-state index is 13.0. The number of nitrogens with one attached hydrogen (secondary N) is 1. The third-order valence-corrected chi connectivity index (χ3v) is 7.05. The van der Waals surface area contributed by atoms with Crippen LogP contribution in [0.5, 0.6) is 0 Å². The van der Waals surface area contributed by atoms with Crippen molar-refractivity contribution in [1.82, 2.24) is 10.2 Å². The lowest BCUT2D eigenvalue weighted by Crippen LogP contribution is -2.44. The second kappa shape index (κ2) is 9.41. The van der Waals surface area contributed by atoms with Gasteiger partial charge in [0.15, 0.2) is 0 Å². The van der Waals surface area contributed by atoms with E-state index in [4.69, 9.17) is 0 Å². The summed E-state index contributed by atoms with van der Waals surface area (Å²) in [7, 11) is 0. The molecule has 1 unspecified atom stereocenters. The first-order chi connectivity index (χ1) is 13.7. The smallest absolute Gasteiger partial charge is 0.227 e. The van der Waals surface area contributed by atoms with Gasteiger partial charge in [-0.15, -0.1) is 0 Å². The largest absolute Gasteiger partial charge is 0.314 e. The molecule has 1 amide bonds. The summed E-state index contributed by atoms with van der Waals surface area (Å²) in [5.74, 6) is 1.12. The van der Waals surface area contributed by atoms with Crippen molar-refractivity contribution in [1.29, 1.82) is 0 Å². The number of benzene rings is 1.